The lowest BCUT2D eigenvalue weighted by atomic mass is 9.77. The zero-order valence-corrected chi connectivity index (χ0v) is 13.3. The second-order valence-corrected chi connectivity index (χ2v) is 6.55. The summed E-state index contributed by atoms with van der Waals surface area (Å²) in [7, 11) is 0.524. The molecule has 1 saturated heterocycles. The van der Waals surface area contributed by atoms with Gasteiger partial charge in [0.25, 0.3) is 0 Å². The first-order valence-corrected chi connectivity index (χ1v) is 7.43. The van der Waals surface area contributed by atoms with E-state index in [1.54, 1.807) is 0 Å². The number of rotatable bonds is 2. The van der Waals surface area contributed by atoms with Crippen molar-refractivity contribution in [1.29, 1.82) is 0 Å². The molecule has 0 radical (unpaired) electrons. The summed E-state index contributed by atoms with van der Waals surface area (Å²) in [6.45, 7) is 10.3. The Labute approximate surface area is 126 Å². The molecule has 2 aromatic heterocycles. The molecule has 1 aliphatic heterocycles. The molecule has 0 N–H and O–H groups in total. The van der Waals surface area contributed by atoms with E-state index >= 15 is 0 Å². The van der Waals surface area contributed by atoms with E-state index in [9.17, 15) is 0 Å². The van der Waals surface area contributed by atoms with Gasteiger partial charge in [0, 0.05) is 17.3 Å². The van der Waals surface area contributed by atoms with E-state index in [1.807, 2.05) is 24.4 Å². The highest BCUT2D eigenvalue weighted by molar-refractivity contribution is 6.62. The standard InChI is InChI=1S/C15H20B2N2O2/c1-14(2)15(3,4)21-17(20-14)10-8-12-11(18-9-10)6-7-13(16-5)19-12/h6-9,16H,1-5H3. The summed E-state index contributed by atoms with van der Waals surface area (Å²) < 4.78 is 12.1. The van der Waals surface area contributed by atoms with Gasteiger partial charge in [-0.25, -0.2) is 0 Å². The van der Waals surface area contributed by atoms with Crippen molar-refractivity contribution in [3.05, 3.63) is 24.4 Å². The molecule has 0 saturated carbocycles. The van der Waals surface area contributed by atoms with E-state index in [-0.39, 0.29) is 18.3 Å². The van der Waals surface area contributed by atoms with Crippen molar-refractivity contribution in [3.63, 3.8) is 0 Å². The molecule has 4 nitrogen and oxygen atoms in total. The highest BCUT2D eigenvalue weighted by atomic mass is 16.7. The average molecular weight is 282 g/mol. The minimum atomic E-state index is -0.390. The zero-order chi connectivity index (χ0) is 15.3. The second-order valence-electron chi connectivity index (χ2n) is 6.55. The molecule has 0 amide bonds. The molecule has 0 spiro atoms. The highest BCUT2D eigenvalue weighted by Gasteiger charge is 2.51. The van der Waals surface area contributed by atoms with Crippen LogP contribution in [-0.4, -0.2) is 35.6 Å². The lowest BCUT2D eigenvalue weighted by Gasteiger charge is -2.32. The van der Waals surface area contributed by atoms with Crippen LogP contribution in [0.4, 0.5) is 0 Å². The van der Waals surface area contributed by atoms with E-state index in [1.165, 1.54) is 0 Å². The van der Waals surface area contributed by atoms with E-state index in [0.29, 0.717) is 0 Å². The molecule has 108 valence electrons. The van der Waals surface area contributed by atoms with Crippen molar-refractivity contribution < 1.29 is 9.31 Å². The Bertz CT molecular complexity index is 672. The molecule has 1 fully saturated rings. The maximum Gasteiger partial charge on any atom is 0.496 e. The zero-order valence-electron chi connectivity index (χ0n) is 13.3. The first-order valence-electron chi connectivity index (χ1n) is 7.43. The van der Waals surface area contributed by atoms with Gasteiger partial charge in [-0.2, -0.15) is 0 Å². The van der Waals surface area contributed by atoms with E-state index in [2.05, 4.69) is 44.5 Å². The van der Waals surface area contributed by atoms with Gasteiger partial charge in [0.2, 0.25) is 0 Å². The van der Waals surface area contributed by atoms with Gasteiger partial charge in [0.15, 0.2) is 7.28 Å². The Kier molecular flexibility index (Phi) is 3.34. The van der Waals surface area contributed by atoms with Crippen LogP contribution in [-0.2, 0) is 9.31 Å². The molecule has 0 bridgehead atoms. The Morgan fingerprint density at radius 1 is 1.05 bits per heavy atom. The summed E-state index contributed by atoms with van der Waals surface area (Å²) in [6, 6.07) is 6.04. The van der Waals surface area contributed by atoms with Gasteiger partial charge in [-0.3, -0.25) is 9.97 Å². The molecule has 0 atom stereocenters. The number of fused-ring (bicyclic) bond motifs is 1. The topological polar surface area (TPSA) is 44.2 Å². The summed E-state index contributed by atoms with van der Waals surface area (Å²) in [4.78, 5) is 9.10. The van der Waals surface area contributed by atoms with Crippen LogP contribution in [0.3, 0.4) is 0 Å². The Morgan fingerprint density at radius 2 is 1.71 bits per heavy atom. The van der Waals surface area contributed by atoms with Crippen LogP contribution in [0.5, 0.6) is 0 Å². The Balaban J connectivity index is 1.98. The molecule has 0 unspecified atom stereocenters. The lowest BCUT2D eigenvalue weighted by molar-refractivity contribution is 0.00578. The Morgan fingerprint density at radius 3 is 2.33 bits per heavy atom. The van der Waals surface area contributed by atoms with Crippen molar-refractivity contribution in [2.45, 2.75) is 45.7 Å². The molecule has 6 heteroatoms. The van der Waals surface area contributed by atoms with Gasteiger partial charge in [-0.15, -0.1) is 0 Å². The largest absolute Gasteiger partial charge is 0.496 e. The van der Waals surface area contributed by atoms with Crippen LogP contribution in [0, 0.1) is 0 Å². The van der Waals surface area contributed by atoms with Gasteiger partial charge in [-0.1, -0.05) is 6.82 Å². The van der Waals surface area contributed by atoms with Crippen LogP contribution >= 0.6 is 0 Å². The molecular weight excluding hydrogens is 262 g/mol. The van der Waals surface area contributed by atoms with E-state index < -0.39 is 0 Å². The van der Waals surface area contributed by atoms with Gasteiger partial charge >= 0.3 is 7.12 Å². The van der Waals surface area contributed by atoms with Crippen molar-refractivity contribution in [3.8, 4) is 0 Å². The van der Waals surface area contributed by atoms with Gasteiger partial charge in [0.1, 0.15) is 0 Å². The van der Waals surface area contributed by atoms with Crippen molar-refractivity contribution >= 4 is 36.5 Å². The molecule has 3 rings (SSSR count). The number of aromatic nitrogens is 2. The van der Waals surface area contributed by atoms with E-state index in [0.717, 1.165) is 29.4 Å². The first-order chi connectivity index (χ1) is 9.82. The lowest BCUT2D eigenvalue weighted by Crippen LogP contribution is -2.41. The van der Waals surface area contributed by atoms with Gasteiger partial charge in [-0.05, 0) is 45.9 Å². The summed E-state index contributed by atoms with van der Waals surface area (Å²) in [5, 5.41) is 0. The first kappa shape index (κ1) is 14.5. The molecule has 0 aliphatic carbocycles. The molecule has 21 heavy (non-hydrogen) atoms. The number of pyridine rings is 2. The third-order valence-electron chi connectivity index (χ3n) is 4.50. The normalized spacial score (nSPS) is 20.0. The minimum absolute atomic E-state index is 0.342. The van der Waals surface area contributed by atoms with Crippen molar-refractivity contribution in [2.24, 2.45) is 0 Å². The maximum absolute atomic E-state index is 6.07. The third kappa shape index (κ3) is 2.47. The van der Waals surface area contributed by atoms with Crippen LogP contribution < -0.4 is 11.1 Å². The van der Waals surface area contributed by atoms with Crippen LogP contribution in [0.25, 0.3) is 11.0 Å². The molecular formula is C15H20B2N2O2. The molecule has 0 aromatic carbocycles. The summed E-state index contributed by atoms with van der Waals surface area (Å²) in [5.74, 6) is 0. The summed E-state index contributed by atoms with van der Waals surface area (Å²) >= 11 is 0. The monoisotopic (exact) mass is 282 g/mol. The molecule has 1 aliphatic rings. The molecule has 2 aromatic rings. The fraction of sp³-hybridized carbons (Fsp3) is 0.467. The van der Waals surface area contributed by atoms with Crippen molar-refractivity contribution in [2.75, 3.05) is 0 Å². The van der Waals surface area contributed by atoms with Gasteiger partial charge in [0.05, 0.1) is 22.2 Å². The van der Waals surface area contributed by atoms with Crippen LogP contribution in [0.2, 0.25) is 6.82 Å². The fourth-order valence-electron chi connectivity index (χ4n) is 2.37. The number of nitrogens with zero attached hydrogens (tertiary/aromatic N) is 2. The number of hydrogen-bond acceptors (Lipinski definition) is 4. The highest BCUT2D eigenvalue weighted by Crippen LogP contribution is 2.36. The average Bonchev–Trinajstić information content (AvgIpc) is 2.66. The SMILES string of the molecule is CBc1ccc2ncc(B3OC(C)(C)C(C)(C)O3)cc2n1. The van der Waals surface area contributed by atoms with E-state index in [4.69, 9.17) is 9.31 Å². The summed E-state index contributed by atoms with van der Waals surface area (Å²) in [5.41, 5.74) is 3.09. The molecule has 3 heterocycles. The van der Waals surface area contributed by atoms with Crippen LogP contribution in [0.1, 0.15) is 27.7 Å². The summed E-state index contributed by atoms with van der Waals surface area (Å²) in [6.07, 6.45) is 1.82. The van der Waals surface area contributed by atoms with Crippen molar-refractivity contribution in [1.82, 2.24) is 9.97 Å². The minimum Gasteiger partial charge on any atom is -0.399 e. The third-order valence-corrected chi connectivity index (χ3v) is 4.50. The predicted molar refractivity (Wildman–Crippen MR) is 87.9 cm³/mol. The number of hydrogen-bond donors (Lipinski definition) is 0. The maximum atomic E-state index is 6.07. The van der Waals surface area contributed by atoms with Gasteiger partial charge < -0.3 is 9.31 Å². The predicted octanol–water partition coefficient (Wildman–Crippen LogP) is 1.04. The smallest absolute Gasteiger partial charge is 0.399 e. The Hall–Kier alpha value is -1.39. The second kappa shape index (κ2) is 4.82. The fourth-order valence-corrected chi connectivity index (χ4v) is 2.37. The van der Waals surface area contributed by atoms with Crippen LogP contribution in [0.15, 0.2) is 24.4 Å². The quantitative estimate of drug-likeness (QED) is 0.772.